The third kappa shape index (κ3) is 3.43. The summed E-state index contributed by atoms with van der Waals surface area (Å²) in [6.45, 7) is 0.808. The minimum atomic E-state index is 0.441. The number of rotatable bonds is 5. The van der Waals surface area contributed by atoms with Gasteiger partial charge >= 0.3 is 0 Å². The average Bonchev–Trinajstić information content (AvgIpc) is 3.27. The SMILES string of the molecule is Clc1cc(Br)ccc1CNC(c1ccccc1)C1CC1. The maximum atomic E-state index is 6.28. The molecule has 0 amide bonds. The Kier molecular flexibility index (Phi) is 4.45. The smallest absolute Gasteiger partial charge is 0.0462 e. The van der Waals surface area contributed by atoms with E-state index < -0.39 is 0 Å². The highest BCUT2D eigenvalue weighted by molar-refractivity contribution is 9.10. The maximum absolute atomic E-state index is 6.28. The minimum Gasteiger partial charge on any atom is -0.306 e. The molecule has 0 spiro atoms. The van der Waals surface area contributed by atoms with Crippen molar-refractivity contribution in [3.63, 3.8) is 0 Å². The molecular formula is C17H17BrClN. The van der Waals surface area contributed by atoms with E-state index >= 15 is 0 Å². The van der Waals surface area contributed by atoms with Crippen molar-refractivity contribution in [1.82, 2.24) is 5.32 Å². The van der Waals surface area contributed by atoms with Gasteiger partial charge in [0.05, 0.1) is 0 Å². The fourth-order valence-electron chi connectivity index (χ4n) is 2.53. The fraction of sp³-hybridized carbons (Fsp3) is 0.294. The Balaban J connectivity index is 1.72. The molecule has 1 N–H and O–H groups in total. The van der Waals surface area contributed by atoms with E-state index in [0.29, 0.717) is 6.04 Å². The lowest BCUT2D eigenvalue weighted by molar-refractivity contribution is 0.480. The topological polar surface area (TPSA) is 12.0 Å². The molecule has 3 heteroatoms. The molecule has 0 aliphatic heterocycles. The summed E-state index contributed by atoms with van der Waals surface area (Å²) < 4.78 is 1.02. The molecule has 0 saturated heterocycles. The van der Waals surface area contributed by atoms with Crippen molar-refractivity contribution < 1.29 is 0 Å². The summed E-state index contributed by atoms with van der Waals surface area (Å²) in [5.74, 6) is 0.770. The number of hydrogen-bond donors (Lipinski definition) is 1. The molecule has 0 heterocycles. The van der Waals surface area contributed by atoms with Gasteiger partial charge in [-0.2, -0.15) is 0 Å². The predicted molar refractivity (Wildman–Crippen MR) is 87.9 cm³/mol. The zero-order valence-electron chi connectivity index (χ0n) is 11.2. The Labute approximate surface area is 133 Å². The first-order valence-electron chi connectivity index (χ1n) is 6.96. The second kappa shape index (κ2) is 6.30. The molecule has 2 aromatic carbocycles. The Morgan fingerprint density at radius 1 is 1.15 bits per heavy atom. The van der Waals surface area contributed by atoms with Crippen molar-refractivity contribution in [3.05, 3.63) is 69.2 Å². The van der Waals surface area contributed by atoms with Gasteiger partial charge in [-0.15, -0.1) is 0 Å². The molecule has 2 aromatic rings. The molecule has 1 nitrogen and oxygen atoms in total. The molecule has 104 valence electrons. The average molecular weight is 351 g/mol. The minimum absolute atomic E-state index is 0.441. The van der Waals surface area contributed by atoms with Crippen LogP contribution >= 0.6 is 27.5 Å². The van der Waals surface area contributed by atoms with E-state index in [1.54, 1.807) is 0 Å². The Morgan fingerprint density at radius 3 is 2.55 bits per heavy atom. The van der Waals surface area contributed by atoms with Gasteiger partial charge in [0.1, 0.15) is 0 Å². The van der Waals surface area contributed by atoms with Crippen LogP contribution < -0.4 is 5.32 Å². The van der Waals surface area contributed by atoms with Gasteiger partial charge < -0.3 is 5.32 Å². The second-order valence-electron chi connectivity index (χ2n) is 5.34. The van der Waals surface area contributed by atoms with Crippen molar-refractivity contribution in [2.75, 3.05) is 0 Å². The van der Waals surface area contributed by atoms with Crippen LogP contribution in [0.4, 0.5) is 0 Å². The number of nitrogens with one attached hydrogen (secondary N) is 1. The van der Waals surface area contributed by atoms with Gasteiger partial charge in [-0.05, 0) is 42.0 Å². The first-order chi connectivity index (χ1) is 9.74. The van der Waals surface area contributed by atoms with E-state index in [-0.39, 0.29) is 0 Å². The van der Waals surface area contributed by atoms with Gasteiger partial charge in [0.15, 0.2) is 0 Å². The van der Waals surface area contributed by atoms with Gasteiger partial charge in [-0.1, -0.05) is 63.9 Å². The van der Waals surface area contributed by atoms with Crippen LogP contribution in [0.5, 0.6) is 0 Å². The Morgan fingerprint density at radius 2 is 1.90 bits per heavy atom. The molecule has 1 atom stereocenters. The quantitative estimate of drug-likeness (QED) is 0.767. The summed E-state index contributed by atoms with van der Waals surface area (Å²) in [7, 11) is 0. The summed E-state index contributed by atoms with van der Waals surface area (Å²) in [4.78, 5) is 0. The third-order valence-corrected chi connectivity index (χ3v) is 4.62. The number of hydrogen-bond acceptors (Lipinski definition) is 1. The van der Waals surface area contributed by atoms with Crippen LogP contribution in [-0.2, 0) is 6.54 Å². The van der Waals surface area contributed by atoms with Gasteiger partial charge in [0.2, 0.25) is 0 Å². The zero-order valence-corrected chi connectivity index (χ0v) is 13.5. The molecule has 1 saturated carbocycles. The van der Waals surface area contributed by atoms with Gasteiger partial charge in [-0.3, -0.25) is 0 Å². The van der Waals surface area contributed by atoms with E-state index in [1.807, 2.05) is 12.1 Å². The van der Waals surface area contributed by atoms with E-state index in [4.69, 9.17) is 11.6 Å². The van der Waals surface area contributed by atoms with Crippen LogP contribution in [0, 0.1) is 5.92 Å². The van der Waals surface area contributed by atoms with Crippen molar-refractivity contribution in [2.24, 2.45) is 5.92 Å². The molecule has 0 radical (unpaired) electrons. The van der Waals surface area contributed by atoms with Crippen LogP contribution in [0.1, 0.15) is 30.0 Å². The lowest BCUT2D eigenvalue weighted by Crippen LogP contribution is -2.22. The van der Waals surface area contributed by atoms with E-state index in [2.05, 4.69) is 57.6 Å². The third-order valence-electron chi connectivity index (χ3n) is 3.78. The molecule has 1 unspecified atom stereocenters. The highest BCUT2D eigenvalue weighted by Crippen LogP contribution is 2.41. The molecule has 1 aliphatic carbocycles. The summed E-state index contributed by atoms with van der Waals surface area (Å²) in [5, 5.41) is 4.49. The van der Waals surface area contributed by atoms with Crippen molar-refractivity contribution >= 4 is 27.5 Å². The summed E-state index contributed by atoms with van der Waals surface area (Å²) in [5.41, 5.74) is 2.53. The van der Waals surface area contributed by atoms with Crippen molar-refractivity contribution in [1.29, 1.82) is 0 Å². The Hall–Kier alpha value is -0.830. The molecule has 3 rings (SSSR count). The maximum Gasteiger partial charge on any atom is 0.0462 e. The fourth-order valence-corrected chi connectivity index (χ4v) is 3.27. The summed E-state index contributed by atoms with van der Waals surface area (Å²) in [6.07, 6.45) is 2.64. The lowest BCUT2D eigenvalue weighted by Gasteiger charge is -2.19. The highest BCUT2D eigenvalue weighted by Gasteiger charge is 2.31. The Bertz CT molecular complexity index is 581. The standard InChI is InChI=1S/C17H17BrClN/c18-15-9-8-14(16(19)10-15)11-20-17(13-6-7-13)12-4-2-1-3-5-12/h1-5,8-10,13,17,20H,6-7,11H2. The van der Waals surface area contributed by atoms with Crippen LogP contribution in [0.25, 0.3) is 0 Å². The van der Waals surface area contributed by atoms with Crippen LogP contribution in [0.3, 0.4) is 0 Å². The second-order valence-corrected chi connectivity index (χ2v) is 6.67. The number of benzene rings is 2. The molecule has 1 aliphatic rings. The van der Waals surface area contributed by atoms with E-state index in [0.717, 1.165) is 27.5 Å². The van der Waals surface area contributed by atoms with Crippen LogP contribution in [-0.4, -0.2) is 0 Å². The summed E-state index contributed by atoms with van der Waals surface area (Å²) in [6, 6.07) is 17.2. The molecule has 0 bridgehead atoms. The van der Waals surface area contributed by atoms with E-state index in [1.165, 1.54) is 18.4 Å². The summed E-state index contributed by atoms with van der Waals surface area (Å²) >= 11 is 9.73. The van der Waals surface area contributed by atoms with Crippen molar-refractivity contribution in [3.8, 4) is 0 Å². The predicted octanol–water partition coefficient (Wildman–Crippen LogP) is 5.34. The van der Waals surface area contributed by atoms with Gasteiger partial charge in [0, 0.05) is 22.1 Å². The highest BCUT2D eigenvalue weighted by atomic mass is 79.9. The first kappa shape index (κ1) is 14.1. The number of halogens is 2. The molecular weight excluding hydrogens is 334 g/mol. The normalized spacial score (nSPS) is 16.1. The van der Waals surface area contributed by atoms with Gasteiger partial charge in [0.25, 0.3) is 0 Å². The largest absolute Gasteiger partial charge is 0.306 e. The monoisotopic (exact) mass is 349 g/mol. The molecule has 1 fully saturated rings. The lowest BCUT2D eigenvalue weighted by atomic mass is 10.0. The first-order valence-corrected chi connectivity index (χ1v) is 8.13. The molecule has 20 heavy (non-hydrogen) atoms. The zero-order chi connectivity index (χ0) is 13.9. The van der Waals surface area contributed by atoms with Crippen LogP contribution in [0.15, 0.2) is 53.0 Å². The van der Waals surface area contributed by atoms with Gasteiger partial charge in [-0.25, -0.2) is 0 Å². The van der Waals surface area contributed by atoms with Crippen LogP contribution in [0.2, 0.25) is 5.02 Å². The van der Waals surface area contributed by atoms with Crippen molar-refractivity contribution in [2.45, 2.75) is 25.4 Å². The molecule has 0 aromatic heterocycles. The van der Waals surface area contributed by atoms with E-state index in [9.17, 15) is 0 Å².